The number of aromatic hydroxyl groups is 1. The van der Waals surface area contributed by atoms with Crippen LogP contribution in [0.2, 0.25) is 0 Å². The number of allylic oxidation sites excluding steroid dienone is 3. The third-order valence-electron chi connectivity index (χ3n) is 4.57. The Morgan fingerprint density at radius 2 is 1.69 bits per heavy atom. The third kappa shape index (κ3) is 5.41. The number of hydrogen-bond donors (Lipinski definition) is 1. The summed E-state index contributed by atoms with van der Waals surface area (Å²) in [5.41, 5.74) is 3.76. The molecule has 2 rings (SSSR count). The van der Waals surface area contributed by atoms with Crippen LogP contribution in [0.4, 0.5) is 5.69 Å². The highest BCUT2D eigenvalue weighted by Crippen LogP contribution is 2.39. The first-order valence-electron chi connectivity index (χ1n) is 9.38. The Bertz CT molecular complexity index is 921. The van der Waals surface area contributed by atoms with Gasteiger partial charge in [-0.1, -0.05) is 29.9 Å². The van der Waals surface area contributed by atoms with Gasteiger partial charge in [-0.05, 0) is 44.0 Å². The molecule has 2 aromatic rings. The molecule has 0 saturated heterocycles. The van der Waals surface area contributed by atoms with E-state index in [1.807, 2.05) is 63.2 Å². The maximum atomic E-state index is 12.9. The number of benzene rings is 2. The van der Waals surface area contributed by atoms with Crippen molar-refractivity contribution in [3.8, 4) is 17.2 Å². The van der Waals surface area contributed by atoms with Gasteiger partial charge < -0.3 is 19.5 Å². The summed E-state index contributed by atoms with van der Waals surface area (Å²) in [5.74, 6) is 0.308. The van der Waals surface area contributed by atoms with Crippen molar-refractivity contribution in [1.29, 1.82) is 0 Å². The quantitative estimate of drug-likeness (QED) is 0.392. The number of anilines is 1. The number of phenols is 1. The molecule has 0 fully saturated rings. The van der Waals surface area contributed by atoms with E-state index in [1.165, 1.54) is 20.3 Å². The lowest BCUT2D eigenvalue weighted by molar-refractivity contribution is 0.104. The first kappa shape index (κ1) is 22.1. The lowest BCUT2D eigenvalue weighted by Gasteiger charge is -2.15. The number of hydrogen-bond acceptors (Lipinski definition) is 5. The Labute approximate surface area is 172 Å². The number of phenolic OH excluding ortho intramolecular Hbond substituents is 1. The zero-order valence-corrected chi connectivity index (χ0v) is 17.9. The van der Waals surface area contributed by atoms with Gasteiger partial charge in [0.15, 0.2) is 5.78 Å². The molecule has 0 spiro atoms. The van der Waals surface area contributed by atoms with Crippen LogP contribution in [0.1, 0.15) is 35.3 Å². The number of ketones is 1. The average molecular weight is 395 g/mol. The third-order valence-corrected chi connectivity index (χ3v) is 4.57. The predicted octanol–water partition coefficient (Wildman–Crippen LogP) is 4.88. The number of carbonyl (C=O) groups excluding carboxylic acids is 1. The molecule has 0 aromatic heterocycles. The molecule has 29 heavy (non-hydrogen) atoms. The van der Waals surface area contributed by atoms with Gasteiger partial charge in [0.1, 0.15) is 22.8 Å². The molecule has 0 amide bonds. The summed E-state index contributed by atoms with van der Waals surface area (Å²) in [6.45, 7) is 3.95. The van der Waals surface area contributed by atoms with Crippen LogP contribution in [0.25, 0.3) is 6.08 Å². The van der Waals surface area contributed by atoms with Crippen molar-refractivity contribution in [2.24, 2.45) is 0 Å². The first-order valence-corrected chi connectivity index (χ1v) is 9.38. The molecular weight excluding hydrogens is 366 g/mol. The summed E-state index contributed by atoms with van der Waals surface area (Å²) in [6, 6.07) is 9.47. The fourth-order valence-electron chi connectivity index (χ4n) is 2.89. The van der Waals surface area contributed by atoms with Crippen LogP contribution in [-0.4, -0.2) is 39.2 Å². The Morgan fingerprint density at radius 3 is 2.21 bits per heavy atom. The zero-order valence-electron chi connectivity index (χ0n) is 17.9. The van der Waals surface area contributed by atoms with Crippen LogP contribution in [-0.2, 0) is 6.42 Å². The van der Waals surface area contributed by atoms with Crippen molar-refractivity contribution in [1.82, 2.24) is 0 Å². The SMILES string of the molecule is COc1cc(OC)c(C(=O)/C=C/c2ccc(N(C)C)cc2)c(O)c1CC=C(C)C. The van der Waals surface area contributed by atoms with Gasteiger partial charge in [-0.3, -0.25) is 4.79 Å². The highest BCUT2D eigenvalue weighted by molar-refractivity contribution is 6.11. The van der Waals surface area contributed by atoms with E-state index in [9.17, 15) is 9.90 Å². The van der Waals surface area contributed by atoms with Gasteiger partial charge >= 0.3 is 0 Å². The summed E-state index contributed by atoms with van der Waals surface area (Å²) in [6.07, 6.45) is 5.60. The molecule has 0 aliphatic carbocycles. The van der Waals surface area contributed by atoms with Gasteiger partial charge in [0.05, 0.1) is 14.2 Å². The summed E-state index contributed by atoms with van der Waals surface area (Å²) in [7, 11) is 6.93. The zero-order chi connectivity index (χ0) is 21.6. The Morgan fingerprint density at radius 1 is 1.07 bits per heavy atom. The van der Waals surface area contributed by atoms with E-state index in [-0.39, 0.29) is 22.8 Å². The van der Waals surface area contributed by atoms with E-state index in [0.29, 0.717) is 17.7 Å². The minimum atomic E-state index is -0.336. The molecule has 0 bridgehead atoms. The molecule has 2 aromatic carbocycles. The largest absolute Gasteiger partial charge is 0.507 e. The lowest BCUT2D eigenvalue weighted by Crippen LogP contribution is -2.07. The summed E-state index contributed by atoms with van der Waals surface area (Å²) >= 11 is 0. The summed E-state index contributed by atoms with van der Waals surface area (Å²) in [5, 5.41) is 10.8. The normalized spacial score (nSPS) is 10.7. The van der Waals surface area contributed by atoms with Crippen molar-refractivity contribution < 1.29 is 19.4 Å². The van der Waals surface area contributed by atoms with E-state index in [0.717, 1.165) is 16.8 Å². The predicted molar refractivity (Wildman–Crippen MR) is 118 cm³/mol. The second-order valence-corrected chi connectivity index (χ2v) is 7.15. The van der Waals surface area contributed by atoms with Crippen molar-refractivity contribution in [2.75, 3.05) is 33.2 Å². The number of rotatable bonds is 8. The maximum Gasteiger partial charge on any atom is 0.193 e. The van der Waals surface area contributed by atoms with Crippen molar-refractivity contribution in [3.05, 3.63) is 64.7 Å². The van der Waals surface area contributed by atoms with Crippen molar-refractivity contribution >= 4 is 17.5 Å². The van der Waals surface area contributed by atoms with Gasteiger partial charge in [0, 0.05) is 31.4 Å². The van der Waals surface area contributed by atoms with Crippen LogP contribution in [0.5, 0.6) is 17.2 Å². The Kier molecular flexibility index (Phi) is 7.48. The number of ether oxygens (including phenoxy) is 2. The van der Waals surface area contributed by atoms with Crippen LogP contribution in [0.15, 0.2) is 48.1 Å². The molecule has 0 unspecified atom stereocenters. The molecule has 154 valence electrons. The fourth-order valence-corrected chi connectivity index (χ4v) is 2.89. The first-order chi connectivity index (χ1) is 13.8. The minimum absolute atomic E-state index is 0.115. The molecular formula is C24H29NO4. The van der Waals surface area contributed by atoms with E-state index < -0.39 is 0 Å². The molecule has 0 heterocycles. The number of methoxy groups -OCH3 is 2. The van der Waals surface area contributed by atoms with Crippen LogP contribution in [0, 0.1) is 0 Å². The minimum Gasteiger partial charge on any atom is -0.507 e. The van der Waals surface area contributed by atoms with E-state index >= 15 is 0 Å². The van der Waals surface area contributed by atoms with Crippen LogP contribution >= 0.6 is 0 Å². The average Bonchev–Trinajstić information content (AvgIpc) is 2.70. The molecule has 1 N–H and O–H groups in total. The topological polar surface area (TPSA) is 59.0 Å². The van der Waals surface area contributed by atoms with Gasteiger partial charge in [-0.25, -0.2) is 0 Å². The fraction of sp³-hybridized carbons (Fsp3) is 0.292. The lowest BCUT2D eigenvalue weighted by atomic mass is 9.99. The van der Waals surface area contributed by atoms with E-state index in [2.05, 4.69) is 0 Å². The Balaban J connectivity index is 2.41. The van der Waals surface area contributed by atoms with Gasteiger partial charge in [-0.2, -0.15) is 0 Å². The molecule has 0 saturated carbocycles. The maximum absolute atomic E-state index is 12.9. The van der Waals surface area contributed by atoms with Crippen LogP contribution < -0.4 is 14.4 Å². The second kappa shape index (κ2) is 9.82. The van der Waals surface area contributed by atoms with Gasteiger partial charge in [0.25, 0.3) is 0 Å². The molecule has 0 atom stereocenters. The van der Waals surface area contributed by atoms with Gasteiger partial charge in [0.2, 0.25) is 0 Å². The van der Waals surface area contributed by atoms with E-state index in [4.69, 9.17) is 9.47 Å². The molecule has 0 aliphatic heterocycles. The summed E-state index contributed by atoms with van der Waals surface area (Å²) in [4.78, 5) is 14.9. The highest BCUT2D eigenvalue weighted by atomic mass is 16.5. The molecule has 0 aliphatic rings. The monoisotopic (exact) mass is 395 g/mol. The summed E-state index contributed by atoms with van der Waals surface area (Å²) < 4.78 is 10.7. The van der Waals surface area contributed by atoms with Gasteiger partial charge in [-0.15, -0.1) is 0 Å². The number of nitrogens with zero attached hydrogens (tertiary/aromatic N) is 1. The molecule has 0 radical (unpaired) electrons. The van der Waals surface area contributed by atoms with E-state index in [1.54, 1.807) is 12.1 Å². The highest BCUT2D eigenvalue weighted by Gasteiger charge is 2.22. The van der Waals surface area contributed by atoms with Crippen LogP contribution in [0.3, 0.4) is 0 Å². The second-order valence-electron chi connectivity index (χ2n) is 7.15. The molecule has 5 nitrogen and oxygen atoms in total. The Hall–Kier alpha value is -3.21. The van der Waals surface area contributed by atoms with Crippen molar-refractivity contribution in [2.45, 2.75) is 20.3 Å². The van der Waals surface area contributed by atoms with Crippen molar-refractivity contribution in [3.63, 3.8) is 0 Å². The number of carbonyl (C=O) groups is 1. The standard InChI is InChI=1S/C24H29NO4/c1-16(2)7-13-19-21(28-5)15-22(29-6)23(24(19)27)20(26)14-10-17-8-11-18(12-9-17)25(3)4/h7-12,14-15,27H,13H2,1-6H3/b14-10+. The smallest absolute Gasteiger partial charge is 0.193 e. The molecule has 5 heteroatoms.